The van der Waals surface area contributed by atoms with Crippen molar-refractivity contribution in [1.29, 1.82) is 0 Å². The number of sulfone groups is 1. The van der Waals surface area contributed by atoms with Gasteiger partial charge in [-0.2, -0.15) is 0 Å². The van der Waals surface area contributed by atoms with Crippen molar-refractivity contribution in [2.24, 2.45) is 0 Å². The Morgan fingerprint density at radius 1 is 1.23 bits per heavy atom. The first-order valence-electron chi connectivity index (χ1n) is 9.63. The molecule has 3 heterocycles. The summed E-state index contributed by atoms with van der Waals surface area (Å²) in [5.41, 5.74) is 0.936. The predicted octanol–water partition coefficient (Wildman–Crippen LogP) is 3.25. The molecular weight excluding hydrogens is 440 g/mol. The largest absolute Gasteiger partial charge is 0.493 e. The number of amides is 1. The van der Waals surface area contributed by atoms with Crippen molar-refractivity contribution in [2.75, 3.05) is 25.7 Å². The summed E-state index contributed by atoms with van der Waals surface area (Å²) in [4.78, 5) is 15.8. The van der Waals surface area contributed by atoms with Crippen LogP contribution in [0.4, 0.5) is 0 Å². The highest BCUT2D eigenvalue weighted by atomic mass is 32.2. The molecule has 1 atom stereocenters. The molecule has 1 fully saturated rings. The molecule has 31 heavy (non-hydrogen) atoms. The average Bonchev–Trinajstić information content (AvgIpc) is 3.51. The summed E-state index contributed by atoms with van der Waals surface area (Å²) >= 11 is 1.48. The van der Waals surface area contributed by atoms with Crippen LogP contribution in [0.1, 0.15) is 22.5 Å². The van der Waals surface area contributed by atoms with Gasteiger partial charge in [0.05, 0.1) is 30.6 Å². The number of hydrogen-bond acceptors (Lipinski definition) is 8. The molecule has 0 N–H and O–H groups in total. The van der Waals surface area contributed by atoms with Crippen LogP contribution in [-0.4, -0.2) is 56.1 Å². The number of benzene rings is 1. The lowest BCUT2D eigenvalue weighted by atomic mass is 10.1. The standard InChI is InChI=1S/C21H22N2O6S2/c1-27-17-6-5-14(10-18(17)28-2)12-23(15-7-9-31(25,26)13-15)21(24)16-11-19(29-22-16)20-4-3-8-30-20/h3-6,8,10-11,15H,7,9,12-13H2,1-2H3/t15-/m0/s1. The third-order valence-corrected chi connectivity index (χ3v) is 7.84. The van der Waals surface area contributed by atoms with Gasteiger partial charge >= 0.3 is 0 Å². The first-order chi connectivity index (χ1) is 14.9. The van der Waals surface area contributed by atoms with Gasteiger partial charge in [0.1, 0.15) is 0 Å². The minimum Gasteiger partial charge on any atom is -0.493 e. The molecule has 0 saturated carbocycles. The van der Waals surface area contributed by atoms with Crippen LogP contribution in [0, 0.1) is 0 Å². The normalized spacial score (nSPS) is 17.4. The van der Waals surface area contributed by atoms with Gasteiger partial charge < -0.3 is 18.9 Å². The molecule has 0 unspecified atom stereocenters. The Morgan fingerprint density at radius 3 is 2.68 bits per heavy atom. The molecular formula is C21H22N2O6S2. The van der Waals surface area contributed by atoms with Crippen molar-refractivity contribution in [3.63, 3.8) is 0 Å². The monoisotopic (exact) mass is 462 g/mol. The van der Waals surface area contributed by atoms with E-state index in [2.05, 4.69) is 5.16 Å². The molecule has 1 aliphatic heterocycles. The fourth-order valence-corrected chi connectivity index (χ4v) is 6.03. The van der Waals surface area contributed by atoms with E-state index >= 15 is 0 Å². The number of rotatable bonds is 7. The fraction of sp³-hybridized carbons (Fsp3) is 0.333. The first kappa shape index (κ1) is 21.4. The number of hydrogen-bond donors (Lipinski definition) is 0. The van der Waals surface area contributed by atoms with Crippen molar-refractivity contribution in [3.05, 3.63) is 53.0 Å². The van der Waals surface area contributed by atoms with E-state index in [1.54, 1.807) is 30.2 Å². The summed E-state index contributed by atoms with van der Waals surface area (Å²) in [6, 6.07) is 10.3. The number of carbonyl (C=O) groups excluding carboxylic acids is 1. The molecule has 0 bridgehead atoms. The van der Waals surface area contributed by atoms with E-state index in [-0.39, 0.29) is 29.7 Å². The minimum absolute atomic E-state index is 0.0621. The lowest BCUT2D eigenvalue weighted by molar-refractivity contribution is 0.0670. The number of ether oxygens (including phenoxy) is 2. The second-order valence-electron chi connectivity index (χ2n) is 7.23. The van der Waals surface area contributed by atoms with Crippen LogP contribution in [0.5, 0.6) is 11.5 Å². The maximum absolute atomic E-state index is 13.4. The SMILES string of the molecule is COc1ccc(CN(C(=O)c2cc(-c3cccs3)on2)[C@H]2CCS(=O)(=O)C2)cc1OC. The molecule has 1 amide bonds. The Balaban J connectivity index is 1.64. The van der Waals surface area contributed by atoms with Crippen molar-refractivity contribution in [2.45, 2.75) is 19.0 Å². The van der Waals surface area contributed by atoms with E-state index in [4.69, 9.17) is 14.0 Å². The van der Waals surface area contributed by atoms with E-state index in [0.717, 1.165) is 10.4 Å². The Kier molecular flexibility index (Phi) is 6.01. The summed E-state index contributed by atoms with van der Waals surface area (Å²) in [6.45, 7) is 0.209. The zero-order chi connectivity index (χ0) is 22.0. The molecule has 164 valence electrons. The van der Waals surface area contributed by atoms with Crippen molar-refractivity contribution in [3.8, 4) is 22.1 Å². The van der Waals surface area contributed by atoms with Crippen LogP contribution in [0.3, 0.4) is 0 Å². The second-order valence-corrected chi connectivity index (χ2v) is 10.4. The first-order valence-corrected chi connectivity index (χ1v) is 12.3. The summed E-state index contributed by atoms with van der Waals surface area (Å²) in [5, 5.41) is 5.86. The lowest BCUT2D eigenvalue weighted by Crippen LogP contribution is -2.40. The van der Waals surface area contributed by atoms with Gasteiger partial charge in [0.25, 0.3) is 5.91 Å². The van der Waals surface area contributed by atoms with Crippen molar-refractivity contribution >= 4 is 27.1 Å². The summed E-state index contributed by atoms with van der Waals surface area (Å²) in [7, 11) is -0.0976. The number of carbonyl (C=O) groups is 1. The molecule has 2 aromatic heterocycles. The van der Waals surface area contributed by atoms with Gasteiger partial charge in [-0.05, 0) is 35.6 Å². The summed E-state index contributed by atoms with van der Waals surface area (Å²) in [5.74, 6) is 1.23. The molecule has 0 aliphatic carbocycles. The van der Waals surface area contributed by atoms with Crippen LogP contribution < -0.4 is 9.47 Å². The van der Waals surface area contributed by atoms with Crippen LogP contribution in [0.15, 0.2) is 46.3 Å². The van der Waals surface area contributed by atoms with Gasteiger partial charge in [0.15, 0.2) is 32.8 Å². The Bertz CT molecular complexity index is 1170. The number of aromatic nitrogens is 1. The Hall–Kier alpha value is -2.85. The number of methoxy groups -OCH3 is 2. The van der Waals surface area contributed by atoms with Crippen LogP contribution in [-0.2, 0) is 16.4 Å². The van der Waals surface area contributed by atoms with E-state index in [9.17, 15) is 13.2 Å². The van der Waals surface area contributed by atoms with E-state index in [1.807, 2.05) is 23.6 Å². The van der Waals surface area contributed by atoms with Gasteiger partial charge in [-0.1, -0.05) is 17.3 Å². The van der Waals surface area contributed by atoms with Gasteiger partial charge in [-0.15, -0.1) is 11.3 Å². The van der Waals surface area contributed by atoms with Crippen molar-refractivity contribution < 1.29 is 27.2 Å². The number of nitrogens with zero attached hydrogens (tertiary/aromatic N) is 2. The molecule has 3 aromatic rings. The second kappa shape index (κ2) is 8.72. The quantitative estimate of drug-likeness (QED) is 0.531. The van der Waals surface area contributed by atoms with Crippen molar-refractivity contribution in [1.82, 2.24) is 10.1 Å². The van der Waals surface area contributed by atoms with E-state index in [1.165, 1.54) is 18.4 Å². The van der Waals surface area contributed by atoms with Gasteiger partial charge in [0.2, 0.25) is 0 Å². The lowest BCUT2D eigenvalue weighted by Gasteiger charge is -2.27. The highest BCUT2D eigenvalue weighted by Gasteiger charge is 2.36. The fourth-order valence-electron chi connectivity index (χ4n) is 3.62. The summed E-state index contributed by atoms with van der Waals surface area (Å²) in [6.07, 6.45) is 0.386. The third-order valence-electron chi connectivity index (χ3n) is 5.20. The van der Waals surface area contributed by atoms with E-state index < -0.39 is 15.9 Å². The predicted molar refractivity (Wildman–Crippen MR) is 116 cm³/mol. The van der Waals surface area contributed by atoms with Crippen LogP contribution >= 0.6 is 11.3 Å². The molecule has 10 heteroatoms. The van der Waals surface area contributed by atoms with Crippen LogP contribution in [0.25, 0.3) is 10.6 Å². The Morgan fingerprint density at radius 2 is 2.03 bits per heavy atom. The van der Waals surface area contributed by atoms with Crippen LogP contribution in [0.2, 0.25) is 0 Å². The molecule has 0 spiro atoms. The summed E-state index contributed by atoms with van der Waals surface area (Å²) < 4.78 is 40.2. The zero-order valence-corrected chi connectivity index (χ0v) is 18.7. The molecule has 1 saturated heterocycles. The van der Waals surface area contributed by atoms with E-state index in [0.29, 0.717) is 23.7 Å². The molecule has 1 aliphatic rings. The number of thiophene rings is 1. The molecule has 1 aromatic carbocycles. The minimum atomic E-state index is -3.18. The maximum atomic E-state index is 13.4. The van der Waals surface area contributed by atoms with Gasteiger partial charge in [-0.25, -0.2) is 8.42 Å². The molecule has 8 nitrogen and oxygen atoms in total. The van der Waals surface area contributed by atoms with Gasteiger partial charge in [0, 0.05) is 18.7 Å². The molecule has 0 radical (unpaired) electrons. The highest BCUT2D eigenvalue weighted by Crippen LogP contribution is 2.30. The smallest absolute Gasteiger partial charge is 0.276 e. The average molecular weight is 463 g/mol. The molecule has 4 rings (SSSR count). The highest BCUT2D eigenvalue weighted by molar-refractivity contribution is 7.91. The van der Waals surface area contributed by atoms with Gasteiger partial charge in [-0.3, -0.25) is 4.79 Å². The zero-order valence-electron chi connectivity index (χ0n) is 17.1. The topological polar surface area (TPSA) is 98.9 Å². The maximum Gasteiger partial charge on any atom is 0.276 e. The Labute approximate surface area is 184 Å². The third kappa shape index (κ3) is 4.59.